The van der Waals surface area contributed by atoms with Gasteiger partial charge in [-0.05, 0) is 25.7 Å². The zero-order chi connectivity index (χ0) is 13.9. The maximum absolute atomic E-state index is 12.6. The molecule has 1 aliphatic carbocycles. The summed E-state index contributed by atoms with van der Waals surface area (Å²) in [4.78, 5) is 12.0. The van der Waals surface area contributed by atoms with Crippen LogP contribution in [0.3, 0.4) is 0 Å². The van der Waals surface area contributed by atoms with Crippen LogP contribution in [0.15, 0.2) is 12.1 Å². The highest BCUT2D eigenvalue weighted by Gasteiger charge is 2.33. The summed E-state index contributed by atoms with van der Waals surface area (Å²) in [6.07, 6.45) is -0.956. The van der Waals surface area contributed by atoms with E-state index in [4.69, 9.17) is 0 Å². The largest absolute Gasteiger partial charge is 0.464 e. The molecule has 0 bridgehead atoms. The highest BCUT2D eigenvalue weighted by molar-refractivity contribution is 5.86. The average molecular weight is 264 g/mol. The van der Waals surface area contributed by atoms with Crippen LogP contribution >= 0.6 is 0 Å². The lowest BCUT2D eigenvalue weighted by atomic mass is 9.76. The first-order chi connectivity index (χ1) is 8.21. The Morgan fingerprint density at radius 3 is 1.94 bits per heavy atom. The van der Waals surface area contributed by atoms with Gasteiger partial charge in [0.05, 0.1) is 0 Å². The molecule has 0 aromatic carbocycles. The van der Waals surface area contributed by atoms with E-state index >= 15 is 0 Å². The van der Waals surface area contributed by atoms with Gasteiger partial charge in [0.25, 0.3) is 0 Å². The van der Waals surface area contributed by atoms with Crippen molar-refractivity contribution >= 4 is 5.78 Å². The predicted molar refractivity (Wildman–Crippen MR) is 61.6 cm³/mol. The molecule has 0 aromatic heterocycles. The first-order valence-corrected chi connectivity index (χ1v) is 6.13. The first-order valence-electron chi connectivity index (χ1n) is 6.13. The van der Waals surface area contributed by atoms with Gasteiger partial charge in [0, 0.05) is 11.3 Å². The number of hydrogen-bond acceptors (Lipinski definition) is 2. The molecule has 1 fully saturated rings. The number of ether oxygens (including phenoxy) is 1. The van der Waals surface area contributed by atoms with E-state index in [1.807, 2.05) is 20.8 Å². The Morgan fingerprint density at radius 1 is 1.06 bits per heavy atom. The molecule has 0 atom stereocenters. The average Bonchev–Trinajstić information content (AvgIpc) is 2.27. The fourth-order valence-electron chi connectivity index (χ4n) is 2.25. The molecule has 0 amide bonds. The monoisotopic (exact) mass is 264 g/mol. The molecule has 0 aromatic rings. The SMILES string of the molecule is CC(C)(C)C(=O)C1CCC(OC(F)=C(F)F)CC1. The Bertz CT molecular complexity index is 333. The second-order valence-corrected chi connectivity index (χ2v) is 5.74. The number of carbonyl (C=O) groups excluding carboxylic acids is 1. The van der Waals surface area contributed by atoms with Crippen molar-refractivity contribution in [3.63, 3.8) is 0 Å². The summed E-state index contributed by atoms with van der Waals surface area (Å²) in [5.74, 6) is 0.112. The van der Waals surface area contributed by atoms with Crippen LogP contribution in [0.2, 0.25) is 0 Å². The third-order valence-electron chi connectivity index (χ3n) is 3.20. The Morgan fingerprint density at radius 2 is 1.56 bits per heavy atom. The summed E-state index contributed by atoms with van der Waals surface area (Å²) in [6.45, 7) is 5.58. The molecule has 0 N–H and O–H groups in total. The Hall–Kier alpha value is -1.00. The predicted octanol–water partition coefficient (Wildman–Crippen LogP) is 4.21. The van der Waals surface area contributed by atoms with Gasteiger partial charge in [0.1, 0.15) is 11.9 Å². The molecule has 18 heavy (non-hydrogen) atoms. The summed E-state index contributed by atoms with van der Waals surface area (Å²) < 4.78 is 40.9. The molecule has 0 unspecified atom stereocenters. The van der Waals surface area contributed by atoms with Gasteiger partial charge >= 0.3 is 12.1 Å². The van der Waals surface area contributed by atoms with Crippen molar-refractivity contribution in [2.45, 2.75) is 52.6 Å². The van der Waals surface area contributed by atoms with Crippen LogP contribution in [0.5, 0.6) is 0 Å². The fraction of sp³-hybridized carbons (Fsp3) is 0.769. The molecule has 2 nitrogen and oxygen atoms in total. The fourth-order valence-corrected chi connectivity index (χ4v) is 2.25. The number of ketones is 1. The third-order valence-corrected chi connectivity index (χ3v) is 3.20. The van der Waals surface area contributed by atoms with Crippen molar-refractivity contribution < 1.29 is 22.7 Å². The molecule has 1 rings (SSSR count). The van der Waals surface area contributed by atoms with Gasteiger partial charge in [-0.1, -0.05) is 20.8 Å². The lowest BCUT2D eigenvalue weighted by Gasteiger charge is -2.31. The zero-order valence-corrected chi connectivity index (χ0v) is 10.9. The van der Waals surface area contributed by atoms with E-state index in [9.17, 15) is 18.0 Å². The second-order valence-electron chi connectivity index (χ2n) is 5.74. The number of carbonyl (C=O) groups is 1. The molecule has 0 spiro atoms. The molecular formula is C13H19F3O2. The molecule has 0 aliphatic heterocycles. The van der Waals surface area contributed by atoms with E-state index in [0.717, 1.165) is 0 Å². The quantitative estimate of drug-likeness (QED) is 0.714. The molecular weight excluding hydrogens is 245 g/mol. The van der Waals surface area contributed by atoms with E-state index in [1.54, 1.807) is 0 Å². The van der Waals surface area contributed by atoms with E-state index in [-0.39, 0.29) is 11.7 Å². The zero-order valence-electron chi connectivity index (χ0n) is 10.9. The van der Waals surface area contributed by atoms with Crippen molar-refractivity contribution in [1.29, 1.82) is 0 Å². The number of rotatable bonds is 3. The summed E-state index contributed by atoms with van der Waals surface area (Å²) >= 11 is 0. The maximum atomic E-state index is 12.6. The van der Waals surface area contributed by atoms with Crippen LogP contribution in [0.1, 0.15) is 46.5 Å². The van der Waals surface area contributed by atoms with Crippen molar-refractivity contribution in [3.8, 4) is 0 Å². The van der Waals surface area contributed by atoms with Crippen LogP contribution < -0.4 is 0 Å². The molecule has 104 valence electrons. The van der Waals surface area contributed by atoms with Crippen LogP contribution in [-0.4, -0.2) is 11.9 Å². The molecule has 1 saturated carbocycles. The van der Waals surface area contributed by atoms with Gasteiger partial charge in [-0.2, -0.15) is 13.2 Å². The molecule has 0 saturated heterocycles. The Labute approximate surface area is 105 Å². The third kappa shape index (κ3) is 4.03. The summed E-state index contributed by atoms with van der Waals surface area (Å²) in [5.41, 5.74) is -0.394. The highest BCUT2D eigenvalue weighted by atomic mass is 19.3. The van der Waals surface area contributed by atoms with Crippen molar-refractivity contribution in [1.82, 2.24) is 0 Å². The smallest absolute Gasteiger partial charge is 0.342 e. The molecule has 1 aliphatic rings. The van der Waals surface area contributed by atoms with Crippen molar-refractivity contribution in [2.75, 3.05) is 0 Å². The Balaban J connectivity index is 2.47. The molecule has 5 heteroatoms. The van der Waals surface area contributed by atoms with Crippen molar-refractivity contribution in [2.24, 2.45) is 11.3 Å². The topological polar surface area (TPSA) is 26.3 Å². The minimum Gasteiger partial charge on any atom is -0.464 e. The van der Waals surface area contributed by atoms with E-state index in [2.05, 4.69) is 4.74 Å². The number of halogens is 3. The summed E-state index contributed by atoms with van der Waals surface area (Å²) in [5, 5.41) is 0. The van der Waals surface area contributed by atoms with E-state index < -0.39 is 23.6 Å². The van der Waals surface area contributed by atoms with Crippen LogP contribution in [-0.2, 0) is 9.53 Å². The van der Waals surface area contributed by atoms with Gasteiger partial charge in [0.15, 0.2) is 0 Å². The lowest BCUT2D eigenvalue weighted by Crippen LogP contribution is -2.33. The number of hydrogen-bond donors (Lipinski definition) is 0. The minimum atomic E-state index is -2.43. The first kappa shape index (κ1) is 15.1. The lowest BCUT2D eigenvalue weighted by molar-refractivity contribution is -0.132. The van der Waals surface area contributed by atoms with Gasteiger partial charge in [-0.25, -0.2) is 0 Å². The normalized spacial score (nSPS) is 24.6. The van der Waals surface area contributed by atoms with Gasteiger partial charge in [-0.15, -0.1) is 0 Å². The van der Waals surface area contributed by atoms with Gasteiger partial charge in [-0.3, -0.25) is 4.79 Å². The highest BCUT2D eigenvalue weighted by Crippen LogP contribution is 2.33. The molecule has 0 radical (unpaired) electrons. The maximum Gasteiger partial charge on any atom is 0.342 e. The van der Waals surface area contributed by atoms with Crippen LogP contribution in [0.25, 0.3) is 0 Å². The van der Waals surface area contributed by atoms with E-state index in [0.29, 0.717) is 25.7 Å². The van der Waals surface area contributed by atoms with Gasteiger partial charge < -0.3 is 4.74 Å². The van der Waals surface area contributed by atoms with Gasteiger partial charge in [0.2, 0.25) is 0 Å². The van der Waals surface area contributed by atoms with E-state index in [1.165, 1.54) is 0 Å². The summed E-state index contributed by atoms with van der Waals surface area (Å²) in [7, 11) is 0. The Kier molecular flexibility index (Phi) is 4.82. The second kappa shape index (κ2) is 5.76. The minimum absolute atomic E-state index is 0.0629. The summed E-state index contributed by atoms with van der Waals surface area (Å²) in [6, 6.07) is -1.79. The molecule has 0 heterocycles. The van der Waals surface area contributed by atoms with Crippen LogP contribution in [0.4, 0.5) is 13.2 Å². The van der Waals surface area contributed by atoms with Crippen molar-refractivity contribution in [3.05, 3.63) is 12.1 Å². The van der Waals surface area contributed by atoms with Crippen LogP contribution in [0, 0.1) is 11.3 Å². The number of Topliss-reactive ketones (excluding diaryl/α,β-unsaturated/α-hetero) is 1. The standard InChI is InChI=1S/C13H19F3O2/c1-13(2,3)10(17)8-4-6-9(7-5-8)18-12(16)11(14)15/h8-9H,4-7H2,1-3H3.